The Morgan fingerprint density at radius 1 is 1.29 bits per heavy atom. The minimum Gasteiger partial charge on any atom is -0.378 e. The van der Waals surface area contributed by atoms with E-state index in [0.29, 0.717) is 11.1 Å². The van der Waals surface area contributed by atoms with Crippen LogP contribution in [-0.4, -0.2) is 32.0 Å². The molecule has 2 aromatic rings. The monoisotopic (exact) mass is 322 g/mol. The molecule has 3 rings (SSSR count). The molecule has 0 saturated carbocycles. The predicted octanol–water partition coefficient (Wildman–Crippen LogP) is 3.45. The number of aliphatic hydroxyl groups excluding tert-OH is 1. The lowest BCUT2D eigenvalue weighted by Crippen LogP contribution is -2.19. The number of aliphatic hydroxyl groups is 1. The highest BCUT2D eigenvalue weighted by Gasteiger charge is 2.31. The summed E-state index contributed by atoms with van der Waals surface area (Å²) in [5.74, 6) is 3.28. The minimum atomic E-state index is -0.853. The number of thioether (sulfide) groups is 2. The third-order valence-electron chi connectivity index (χ3n) is 3.51. The molecule has 0 bridgehead atoms. The molecular weight excluding hydrogens is 304 g/mol. The highest BCUT2D eigenvalue weighted by atomic mass is 32.2. The standard InChI is InChI=1S/C15H18N2O2S2/c1-2-11-13(21-9-8-20-11)14-16-15(19-17-14)12(18)10-6-4-3-5-7-10/h3-7,11-13,18H,2,8-9H2,1H3. The maximum Gasteiger partial charge on any atom is 0.260 e. The van der Waals surface area contributed by atoms with E-state index in [4.69, 9.17) is 4.52 Å². The van der Waals surface area contributed by atoms with Gasteiger partial charge in [-0.25, -0.2) is 0 Å². The van der Waals surface area contributed by atoms with Gasteiger partial charge in [0.1, 0.15) is 0 Å². The molecule has 2 heterocycles. The maximum absolute atomic E-state index is 10.3. The Labute approximate surface area is 132 Å². The summed E-state index contributed by atoms with van der Waals surface area (Å²) in [5, 5.41) is 15.2. The summed E-state index contributed by atoms with van der Waals surface area (Å²) in [5.41, 5.74) is 0.769. The molecule has 1 aromatic carbocycles. The number of nitrogens with zero attached hydrogens (tertiary/aromatic N) is 2. The van der Waals surface area contributed by atoms with Gasteiger partial charge in [0.15, 0.2) is 11.9 Å². The normalized spacial score (nSPS) is 23.9. The van der Waals surface area contributed by atoms with Gasteiger partial charge in [-0.05, 0) is 12.0 Å². The van der Waals surface area contributed by atoms with Gasteiger partial charge in [-0.15, -0.1) is 11.8 Å². The van der Waals surface area contributed by atoms with Crippen LogP contribution in [0.3, 0.4) is 0 Å². The van der Waals surface area contributed by atoms with Crippen LogP contribution in [0.4, 0.5) is 0 Å². The van der Waals surface area contributed by atoms with Crippen molar-refractivity contribution in [3.63, 3.8) is 0 Å². The van der Waals surface area contributed by atoms with Crippen molar-refractivity contribution < 1.29 is 9.63 Å². The van der Waals surface area contributed by atoms with Crippen molar-refractivity contribution in [3.8, 4) is 0 Å². The molecule has 1 aliphatic heterocycles. The topological polar surface area (TPSA) is 59.2 Å². The van der Waals surface area contributed by atoms with E-state index < -0.39 is 6.10 Å². The molecule has 4 nitrogen and oxygen atoms in total. The molecule has 0 aliphatic carbocycles. The zero-order valence-corrected chi connectivity index (χ0v) is 13.4. The Hall–Kier alpha value is -0.980. The molecule has 0 radical (unpaired) electrons. The molecule has 1 N–H and O–H groups in total. The Bertz CT molecular complexity index is 576. The SMILES string of the molecule is CCC1SCCSC1c1noc(C(O)c2ccccc2)n1. The number of hydrogen-bond acceptors (Lipinski definition) is 6. The van der Waals surface area contributed by atoms with Crippen molar-refractivity contribution in [1.82, 2.24) is 10.1 Å². The quantitative estimate of drug-likeness (QED) is 0.930. The Kier molecular flexibility index (Phi) is 4.87. The first kappa shape index (κ1) is 14.9. The largest absolute Gasteiger partial charge is 0.378 e. The maximum atomic E-state index is 10.3. The zero-order chi connectivity index (χ0) is 14.7. The highest BCUT2D eigenvalue weighted by Crippen LogP contribution is 2.43. The average Bonchev–Trinajstić information content (AvgIpc) is 3.04. The van der Waals surface area contributed by atoms with Crippen LogP contribution < -0.4 is 0 Å². The average molecular weight is 322 g/mol. The smallest absolute Gasteiger partial charge is 0.260 e. The number of hydrogen-bond donors (Lipinski definition) is 1. The summed E-state index contributed by atoms with van der Waals surface area (Å²) in [6.07, 6.45) is 0.238. The van der Waals surface area contributed by atoms with Gasteiger partial charge in [0.25, 0.3) is 5.89 Å². The zero-order valence-electron chi connectivity index (χ0n) is 11.8. The van der Waals surface area contributed by atoms with E-state index in [1.807, 2.05) is 53.9 Å². The van der Waals surface area contributed by atoms with E-state index in [9.17, 15) is 5.11 Å². The van der Waals surface area contributed by atoms with Crippen molar-refractivity contribution in [3.05, 3.63) is 47.6 Å². The molecule has 0 amide bonds. The molecule has 0 spiro atoms. The van der Waals surface area contributed by atoms with Gasteiger partial charge < -0.3 is 9.63 Å². The summed E-state index contributed by atoms with van der Waals surface area (Å²) in [6, 6.07) is 9.40. The van der Waals surface area contributed by atoms with Crippen LogP contribution in [0.1, 0.15) is 42.0 Å². The van der Waals surface area contributed by atoms with Crippen molar-refractivity contribution in [2.24, 2.45) is 0 Å². The van der Waals surface area contributed by atoms with Crippen LogP contribution in [0, 0.1) is 0 Å². The minimum absolute atomic E-state index is 0.259. The molecule has 1 saturated heterocycles. The Morgan fingerprint density at radius 3 is 2.81 bits per heavy atom. The fourth-order valence-electron chi connectivity index (χ4n) is 2.39. The van der Waals surface area contributed by atoms with Gasteiger partial charge in [0, 0.05) is 16.8 Å². The lowest BCUT2D eigenvalue weighted by atomic mass is 10.1. The molecule has 1 aromatic heterocycles. The number of benzene rings is 1. The van der Waals surface area contributed by atoms with Gasteiger partial charge in [-0.3, -0.25) is 0 Å². The summed E-state index contributed by atoms with van der Waals surface area (Å²) < 4.78 is 5.29. The first-order valence-corrected chi connectivity index (χ1v) is 9.19. The van der Waals surface area contributed by atoms with Gasteiger partial charge >= 0.3 is 0 Å². The summed E-state index contributed by atoms with van der Waals surface area (Å²) in [4.78, 5) is 4.45. The highest BCUT2D eigenvalue weighted by molar-refractivity contribution is 8.06. The molecule has 3 unspecified atom stereocenters. The molecule has 21 heavy (non-hydrogen) atoms. The van der Waals surface area contributed by atoms with Crippen LogP contribution in [0.5, 0.6) is 0 Å². The van der Waals surface area contributed by atoms with E-state index >= 15 is 0 Å². The van der Waals surface area contributed by atoms with Crippen molar-refractivity contribution >= 4 is 23.5 Å². The molecule has 3 atom stereocenters. The van der Waals surface area contributed by atoms with Crippen molar-refractivity contribution in [1.29, 1.82) is 0 Å². The second-order valence-corrected chi connectivity index (χ2v) is 7.51. The lowest BCUT2D eigenvalue weighted by Gasteiger charge is -2.27. The first-order chi connectivity index (χ1) is 10.3. The Morgan fingerprint density at radius 2 is 2.05 bits per heavy atom. The van der Waals surface area contributed by atoms with Crippen LogP contribution >= 0.6 is 23.5 Å². The van der Waals surface area contributed by atoms with Crippen LogP contribution in [-0.2, 0) is 0 Å². The van der Waals surface area contributed by atoms with E-state index in [0.717, 1.165) is 17.7 Å². The van der Waals surface area contributed by atoms with Crippen LogP contribution in [0.15, 0.2) is 34.9 Å². The second kappa shape index (κ2) is 6.85. The molecule has 6 heteroatoms. The Balaban J connectivity index is 1.79. The van der Waals surface area contributed by atoms with Crippen molar-refractivity contribution in [2.45, 2.75) is 29.9 Å². The lowest BCUT2D eigenvalue weighted by molar-refractivity contribution is 0.170. The molecule has 1 aliphatic rings. The first-order valence-electron chi connectivity index (χ1n) is 7.09. The third-order valence-corrected chi connectivity index (χ3v) is 6.76. The fourth-order valence-corrected chi connectivity index (χ4v) is 5.38. The van der Waals surface area contributed by atoms with Crippen molar-refractivity contribution in [2.75, 3.05) is 11.5 Å². The summed E-state index contributed by atoms with van der Waals surface area (Å²) in [7, 11) is 0. The van der Waals surface area contributed by atoms with E-state index in [1.165, 1.54) is 5.75 Å². The van der Waals surface area contributed by atoms with Crippen LogP contribution in [0.2, 0.25) is 0 Å². The van der Waals surface area contributed by atoms with Gasteiger partial charge in [-0.1, -0.05) is 42.4 Å². The third kappa shape index (κ3) is 3.27. The molecule has 1 fully saturated rings. The number of rotatable bonds is 4. The predicted molar refractivity (Wildman–Crippen MR) is 86.5 cm³/mol. The molecule has 112 valence electrons. The van der Waals surface area contributed by atoms with Gasteiger partial charge in [0.2, 0.25) is 0 Å². The molecular formula is C15H18N2O2S2. The number of aromatic nitrogens is 2. The van der Waals surface area contributed by atoms with E-state index in [1.54, 1.807) is 0 Å². The van der Waals surface area contributed by atoms with E-state index in [2.05, 4.69) is 17.1 Å². The van der Waals surface area contributed by atoms with Gasteiger partial charge in [0.05, 0.1) is 5.25 Å². The van der Waals surface area contributed by atoms with E-state index in [-0.39, 0.29) is 11.1 Å². The van der Waals surface area contributed by atoms with Crippen LogP contribution in [0.25, 0.3) is 0 Å². The second-order valence-electron chi connectivity index (χ2n) is 4.91. The summed E-state index contributed by atoms with van der Waals surface area (Å²) >= 11 is 3.86. The summed E-state index contributed by atoms with van der Waals surface area (Å²) in [6.45, 7) is 2.19. The van der Waals surface area contributed by atoms with Gasteiger partial charge in [-0.2, -0.15) is 16.7 Å². The fraction of sp³-hybridized carbons (Fsp3) is 0.467.